The molecule has 31 heavy (non-hydrogen) atoms. The molecule has 1 unspecified atom stereocenters. The molecule has 2 fully saturated rings. The lowest BCUT2D eigenvalue weighted by molar-refractivity contribution is 0.152. The van der Waals surface area contributed by atoms with Gasteiger partial charge in [-0.1, -0.05) is 30.7 Å². The number of likely N-dealkylation sites (tertiary alicyclic amines) is 1. The van der Waals surface area contributed by atoms with Gasteiger partial charge in [-0.25, -0.2) is 0 Å². The lowest BCUT2D eigenvalue weighted by atomic mass is 10.0. The fourth-order valence-corrected chi connectivity index (χ4v) is 5.54. The van der Waals surface area contributed by atoms with Crippen LogP contribution >= 0.6 is 11.3 Å². The van der Waals surface area contributed by atoms with Gasteiger partial charge in [0.25, 0.3) is 0 Å². The zero-order valence-electron chi connectivity index (χ0n) is 19.0. The topological polar surface area (TPSA) is 42.9 Å². The molecule has 2 aliphatic heterocycles. The number of hydrogen-bond donors (Lipinski definition) is 2. The predicted molar refractivity (Wildman–Crippen MR) is 133 cm³/mol. The van der Waals surface area contributed by atoms with Crippen LogP contribution in [0.4, 0.5) is 5.00 Å². The van der Waals surface area contributed by atoms with Crippen molar-refractivity contribution in [2.24, 2.45) is 4.99 Å². The number of thiophene rings is 1. The number of rotatable bonds is 6. The van der Waals surface area contributed by atoms with Crippen molar-refractivity contribution in [3.63, 3.8) is 0 Å². The van der Waals surface area contributed by atoms with Crippen molar-refractivity contribution in [3.8, 4) is 0 Å². The van der Waals surface area contributed by atoms with Crippen LogP contribution in [0.25, 0.3) is 0 Å². The normalized spacial score (nSPS) is 21.3. The molecule has 1 atom stereocenters. The van der Waals surface area contributed by atoms with E-state index in [1.807, 2.05) is 18.4 Å². The fourth-order valence-electron chi connectivity index (χ4n) is 4.76. The molecule has 1 aromatic carbocycles. The average Bonchev–Trinajstić information content (AvgIpc) is 3.34. The highest BCUT2D eigenvalue weighted by Gasteiger charge is 2.21. The van der Waals surface area contributed by atoms with Crippen LogP contribution in [0.3, 0.4) is 0 Å². The highest BCUT2D eigenvalue weighted by atomic mass is 32.1. The first-order chi connectivity index (χ1) is 15.2. The molecule has 2 N–H and O–H groups in total. The minimum Gasteiger partial charge on any atom is -0.363 e. The zero-order chi connectivity index (χ0) is 21.5. The third kappa shape index (κ3) is 6.01. The van der Waals surface area contributed by atoms with Crippen molar-refractivity contribution < 1.29 is 0 Å². The van der Waals surface area contributed by atoms with Gasteiger partial charge in [0.2, 0.25) is 0 Å². The third-order valence-electron chi connectivity index (χ3n) is 6.76. The Balaban J connectivity index is 1.28. The predicted octanol–water partition coefficient (Wildman–Crippen LogP) is 4.46. The number of nitrogens with zero attached hydrogens (tertiary/aromatic N) is 3. The molecule has 2 aliphatic rings. The van der Waals surface area contributed by atoms with Crippen molar-refractivity contribution in [2.75, 3.05) is 31.6 Å². The van der Waals surface area contributed by atoms with Crippen molar-refractivity contribution >= 4 is 22.3 Å². The Labute approximate surface area is 191 Å². The first-order valence-corrected chi connectivity index (χ1v) is 12.7. The van der Waals surface area contributed by atoms with E-state index in [-0.39, 0.29) is 0 Å². The largest absolute Gasteiger partial charge is 0.363 e. The van der Waals surface area contributed by atoms with E-state index >= 15 is 0 Å². The number of hydrogen-bond acceptors (Lipinski definition) is 4. The van der Waals surface area contributed by atoms with Crippen LogP contribution in [0.1, 0.15) is 50.2 Å². The Hall–Kier alpha value is -2.05. The molecule has 5 nitrogen and oxygen atoms in total. The van der Waals surface area contributed by atoms with E-state index in [0.29, 0.717) is 12.1 Å². The molecule has 0 aliphatic carbocycles. The molecular formula is C25H37N5S. The Kier molecular flexibility index (Phi) is 7.86. The average molecular weight is 440 g/mol. The van der Waals surface area contributed by atoms with E-state index < -0.39 is 0 Å². The van der Waals surface area contributed by atoms with Gasteiger partial charge < -0.3 is 15.5 Å². The van der Waals surface area contributed by atoms with Crippen LogP contribution in [0, 0.1) is 0 Å². The summed E-state index contributed by atoms with van der Waals surface area (Å²) in [7, 11) is 1.87. The lowest BCUT2D eigenvalue weighted by Crippen LogP contribution is -2.48. The molecule has 2 saturated heterocycles. The van der Waals surface area contributed by atoms with Gasteiger partial charge in [0.1, 0.15) is 0 Å². The Morgan fingerprint density at radius 3 is 2.55 bits per heavy atom. The smallest absolute Gasteiger partial charge is 0.191 e. The minimum atomic E-state index is 0.479. The number of benzene rings is 1. The Morgan fingerprint density at radius 1 is 1.03 bits per heavy atom. The zero-order valence-corrected chi connectivity index (χ0v) is 19.8. The van der Waals surface area contributed by atoms with Gasteiger partial charge in [0.15, 0.2) is 5.96 Å². The molecule has 0 amide bonds. The Bertz CT molecular complexity index is 826. The van der Waals surface area contributed by atoms with Crippen LogP contribution in [-0.4, -0.2) is 49.6 Å². The van der Waals surface area contributed by atoms with Crippen molar-refractivity contribution in [2.45, 2.75) is 64.2 Å². The fraction of sp³-hybridized carbons (Fsp3) is 0.560. The highest BCUT2D eigenvalue weighted by molar-refractivity contribution is 7.14. The van der Waals surface area contributed by atoms with Crippen molar-refractivity contribution in [1.82, 2.24) is 15.5 Å². The number of nitrogens with one attached hydrogen (secondary N) is 2. The van der Waals surface area contributed by atoms with Gasteiger partial charge in [-0.2, -0.15) is 0 Å². The lowest BCUT2D eigenvalue weighted by Gasteiger charge is -2.34. The number of aliphatic imine (C=N–C) groups is 1. The SMILES string of the molecule is CN=C(NCc1ccccc1CN1CCCCC1C)NC1CCN(c2cccs2)CC1. The van der Waals surface area contributed by atoms with Gasteiger partial charge >= 0.3 is 0 Å². The second-order valence-electron chi connectivity index (χ2n) is 8.87. The van der Waals surface area contributed by atoms with E-state index in [4.69, 9.17) is 0 Å². The summed E-state index contributed by atoms with van der Waals surface area (Å²) in [5, 5.41) is 10.8. The summed E-state index contributed by atoms with van der Waals surface area (Å²) < 4.78 is 0. The summed E-state index contributed by atoms with van der Waals surface area (Å²) in [6.45, 7) is 7.66. The summed E-state index contributed by atoms with van der Waals surface area (Å²) in [6, 6.07) is 14.4. The van der Waals surface area contributed by atoms with Gasteiger partial charge in [-0.05, 0) is 67.8 Å². The molecule has 0 bridgehead atoms. The van der Waals surface area contributed by atoms with Crippen LogP contribution in [-0.2, 0) is 13.1 Å². The van der Waals surface area contributed by atoms with E-state index in [1.54, 1.807) is 0 Å². The molecule has 3 heterocycles. The third-order valence-corrected chi connectivity index (χ3v) is 7.68. The molecule has 0 saturated carbocycles. The van der Waals surface area contributed by atoms with Crippen LogP contribution in [0.2, 0.25) is 0 Å². The maximum absolute atomic E-state index is 4.50. The quantitative estimate of drug-likeness (QED) is 0.515. The van der Waals surface area contributed by atoms with E-state index in [0.717, 1.165) is 45.0 Å². The molecular weight excluding hydrogens is 402 g/mol. The Morgan fingerprint density at radius 2 is 1.84 bits per heavy atom. The molecule has 6 heteroatoms. The van der Waals surface area contributed by atoms with Gasteiger partial charge in [0, 0.05) is 45.3 Å². The van der Waals surface area contributed by atoms with Crippen LogP contribution in [0.15, 0.2) is 46.8 Å². The summed E-state index contributed by atoms with van der Waals surface area (Å²) in [6.07, 6.45) is 6.30. The standard InChI is InChI=1S/C25H37N5S/c1-20-8-5-6-14-30(20)19-22-10-4-3-9-21(22)18-27-25(26-2)28-23-12-15-29(16-13-23)24-11-7-17-31-24/h3-4,7,9-11,17,20,23H,5-6,8,12-16,18-19H2,1-2H3,(H2,26,27,28). The van der Waals surface area contributed by atoms with Crippen LogP contribution in [0.5, 0.6) is 0 Å². The van der Waals surface area contributed by atoms with Crippen molar-refractivity contribution in [1.29, 1.82) is 0 Å². The molecule has 168 valence electrons. The molecule has 2 aromatic rings. The highest BCUT2D eigenvalue weighted by Crippen LogP contribution is 2.25. The molecule has 1 aromatic heterocycles. The van der Waals surface area contributed by atoms with E-state index in [2.05, 4.69) is 74.1 Å². The second kappa shape index (κ2) is 11.0. The summed E-state index contributed by atoms with van der Waals surface area (Å²) in [5.74, 6) is 0.913. The van der Waals surface area contributed by atoms with E-state index in [1.165, 1.54) is 41.9 Å². The molecule has 0 spiro atoms. The minimum absolute atomic E-state index is 0.479. The van der Waals surface area contributed by atoms with Gasteiger partial charge in [-0.3, -0.25) is 9.89 Å². The summed E-state index contributed by atoms with van der Waals surface area (Å²) in [4.78, 5) is 9.63. The van der Waals surface area contributed by atoms with Crippen LogP contribution < -0.4 is 15.5 Å². The maximum atomic E-state index is 4.50. The van der Waals surface area contributed by atoms with Crippen molar-refractivity contribution in [3.05, 3.63) is 52.9 Å². The first kappa shape index (κ1) is 22.2. The van der Waals surface area contributed by atoms with Gasteiger partial charge in [-0.15, -0.1) is 11.3 Å². The monoisotopic (exact) mass is 439 g/mol. The van der Waals surface area contributed by atoms with Gasteiger partial charge in [0.05, 0.1) is 5.00 Å². The van der Waals surface area contributed by atoms with E-state index in [9.17, 15) is 0 Å². The first-order valence-electron chi connectivity index (χ1n) is 11.8. The summed E-state index contributed by atoms with van der Waals surface area (Å²) in [5.41, 5.74) is 2.80. The maximum Gasteiger partial charge on any atom is 0.191 e. The number of guanidine groups is 1. The molecule has 0 radical (unpaired) electrons. The molecule has 4 rings (SSSR count). The summed E-state index contributed by atoms with van der Waals surface area (Å²) >= 11 is 1.83. The number of anilines is 1. The second-order valence-corrected chi connectivity index (χ2v) is 9.79. The number of piperidine rings is 2.